The lowest BCUT2D eigenvalue weighted by atomic mass is 10.2. The van der Waals surface area contributed by atoms with Crippen molar-refractivity contribution in [3.05, 3.63) is 52.2 Å². The minimum absolute atomic E-state index is 0.140. The highest BCUT2D eigenvalue weighted by Crippen LogP contribution is 2.12. The summed E-state index contributed by atoms with van der Waals surface area (Å²) in [4.78, 5) is 24.5. The Morgan fingerprint density at radius 3 is 2.70 bits per heavy atom. The van der Waals surface area contributed by atoms with Gasteiger partial charge in [-0.05, 0) is 48.9 Å². The molecule has 0 aliphatic heterocycles. The van der Waals surface area contributed by atoms with Crippen LogP contribution in [0.1, 0.15) is 23.3 Å². The average molecular weight is 332 g/mol. The van der Waals surface area contributed by atoms with Crippen LogP contribution in [-0.4, -0.2) is 18.4 Å². The number of aryl methyl sites for hydroxylation is 2. The second-order valence-corrected chi connectivity index (χ2v) is 6.17. The van der Waals surface area contributed by atoms with Crippen LogP contribution in [0.3, 0.4) is 0 Å². The Morgan fingerprint density at radius 2 is 1.96 bits per heavy atom. The number of carbonyl (C=O) groups is 2. The van der Waals surface area contributed by atoms with Crippen molar-refractivity contribution >= 4 is 23.2 Å². The maximum Gasteiger partial charge on any atom is 0.276 e. The molecule has 2 aromatic rings. The van der Waals surface area contributed by atoms with Crippen molar-refractivity contribution in [2.75, 3.05) is 6.61 Å². The van der Waals surface area contributed by atoms with E-state index in [-0.39, 0.29) is 12.5 Å². The number of thiophene rings is 1. The van der Waals surface area contributed by atoms with Gasteiger partial charge in [0.15, 0.2) is 6.61 Å². The summed E-state index contributed by atoms with van der Waals surface area (Å²) < 4.78 is 5.35. The molecule has 0 unspecified atom stereocenters. The third-order valence-electron chi connectivity index (χ3n) is 3.11. The fourth-order valence-corrected chi connectivity index (χ4v) is 2.72. The SMILES string of the molecule is Cc1cccc(OCC(=O)NNC(=O)CCCc2cccs2)c1. The fourth-order valence-electron chi connectivity index (χ4n) is 1.97. The monoisotopic (exact) mass is 332 g/mol. The summed E-state index contributed by atoms with van der Waals surface area (Å²) in [5.74, 6) is 0.0333. The summed E-state index contributed by atoms with van der Waals surface area (Å²) >= 11 is 1.68. The van der Waals surface area contributed by atoms with Crippen molar-refractivity contribution in [1.29, 1.82) is 0 Å². The lowest BCUT2D eigenvalue weighted by Gasteiger charge is -2.09. The molecule has 1 heterocycles. The van der Waals surface area contributed by atoms with Gasteiger partial charge in [0.25, 0.3) is 5.91 Å². The van der Waals surface area contributed by atoms with Crippen molar-refractivity contribution in [1.82, 2.24) is 10.9 Å². The molecule has 6 heteroatoms. The molecule has 2 N–H and O–H groups in total. The highest BCUT2D eigenvalue weighted by molar-refractivity contribution is 7.09. The average Bonchev–Trinajstić information content (AvgIpc) is 3.04. The number of hydrogen-bond acceptors (Lipinski definition) is 4. The molecule has 0 atom stereocenters. The first-order chi connectivity index (χ1) is 11.1. The van der Waals surface area contributed by atoms with E-state index >= 15 is 0 Å². The Kier molecular flexibility index (Phi) is 6.62. The number of nitrogens with one attached hydrogen (secondary N) is 2. The van der Waals surface area contributed by atoms with Gasteiger partial charge in [0.05, 0.1) is 0 Å². The van der Waals surface area contributed by atoms with E-state index in [1.54, 1.807) is 17.4 Å². The molecule has 0 aliphatic rings. The van der Waals surface area contributed by atoms with Gasteiger partial charge in [-0.2, -0.15) is 0 Å². The molecule has 2 rings (SSSR count). The molecule has 23 heavy (non-hydrogen) atoms. The number of hydrazine groups is 1. The van der Waals surface area contributed by atoms with E-state index in [1.165, 1.54) is 4.88 Å². The molecule has 5 nitrogen and oxygen atoms in total. The Bertz CT molecular complexity index is 641. The third-order valence-corrected chi connectivity index (χ3v) is 4.04. The highest BCUT2D eigenvalue weighted by Gasteiger charge is 2.06. The van der Waals surface area contributed by atoms with Crippen LogP contribution >= 0.6 is 11.3 Å². The van der Waals surface area contributed by atoms with Crippen LogP contribution in [0.15, 0.2) is 41.8 Å². The van der Waals surface area contributed by atoms with Crippen LogP contribution in [0.25, 0.3) is 0 Å². The zero-order valence-corrected chi connectivity index (χ0v) is 13.8. The van der Waals surface area contributed by atoms with E-state index in [9.17, 15) is 9.59 Å². The number of benzene rings is 1. The van der Waals surface area contributed by atoms with Crippen molar-refractivity contribution in [3.8, 4) is 5.75 Å². The summed E-state index contributed by atoms with van der Waals surface area (Å²) in [7, 11) is 0. The lowest BCUT2D eigenvalue weighted by molar-refractivity contribution is -0.130. The molecule has 0 saturated heterocycles. The predicted octanol–water partition coefficient (Wildman–Crippen LogP) is 2.61. The Hall–Kier alpha value is -2.34. The summed E-state index contributed by atoms with van der Waals surface area (Å²) in [6.45, 7) is 1.81. The van der Waals surface area contributed by atoms with Gasteiger partial charge < -0.3 is 4.74 Å². The third kappa shape index (κ3) is 6.52. The molecule has 0 bridgehead atoms. The normalized spacial score (nSPS) is 10.1. The molecule has 0 radical (unpaired) electrons. The van der Waals surface area contributed by atoms with E-state index in [1.807, 2.05) is 42.6 Å². The predicted molar refractivity (Wildman–Crippen MR) is 90.2 cm³/mol. The zero-order valence-electron chi connectivity index (χ0n) is 13.0. The van der Waals surface area contributed by atoms with Crippen molar-refractivity contribution < 1.29 is 14.3 Å². The van der Waals surface area contributed by atoms with Crippen LogP contribution in [0, 0.1) is 6.92 Å². The Labute approximate surface area is 139 Å². The largest absolute Gasteiger partial charge is 0.484 e. The molecule has 0 fully saturated rings. The van der Waals surface area contributed by atoms with E-state index in [0.29, 0.717) is 12.2 Å². The van der Waals surface area contributed by atoms with Crippen LogP contribution in [0.2, 0.25) is 0 Å². The zero-order chi connectivity index (χ0) is 16.5. The molecule has 2 amide bonds. The van der Waals surface area contributed by atoms with Crippen molar-refractivity contribution in [2.45, 2.75) is 26.2 Å². The van der Waals surface area contributed by atoms with Crippen molar-refractivity contribution in [3.63, 3.8) is 0 Å². The number of amides is 2. The summed E-state index contributed by atoms with van der Waals surface area (Å²) in [6, 6.07) is 11.5. The first kappa shape index (κ1) is 17.0. The van der Waals surface area contributed by atoms with Gasteiger partial charge in [-0.25, -0.2) is 0 Å². The summed E-state index contributed by atoms with van der Waals surface area (Å²) in [5, 5.41) is 2.02. The Balaban J connectivity index is 1.59. The molecular formula is C17H20N2O3S. The fraction of sp³-hybridized carbons (Fsp3) is 0.294. The molecule has 1 aromatic carbocycles. The van der Waals surface area contributed by atoms with Crippen LogP contribution in [-0.2, 0) is 16.0 Å². The van der Waals surface area contributed by atoms with Gasteiger partial charge in [-0.15, -0.1) is 11.3 Å². The number of rotatable bonds is 7. The lowest BCUT2D eigenvalue weighted by Crippen LogP contribution is -2.43. The topological polar surface area (TPSA) is 67.4 Å². The first-order valence-electron chi connectivity index (χ1n) is 7.43. The van der Waals surface area contributed by atoms with Crippen LogP contribution in [0.4, 0.5) is 0 Å². The molecule has 0 spiro atoms. The van der Waals surface area contributed by atoms with E-state index < -0.39 is 5.91 Å². The summed E-state index contributed by atoms with van der Waals surface area (Å²) in [6.07, 6.45) is 1.99. The Morgan fingerprint density at radius 1 is 1.13 bits per heavy atom. The molecule has 122 valence electrons. The summed E-state index contributed by atoms with van der Waals surface area (Å²) in [5.41, 5.74) is 5.80. The van der Waals surface area contributed by atoms with Crippen molar-refractivity contribution in [2.24, 2.45) is 0 Å². The van der Waals surface area contributed by atoms with Gasteiger partial charge in [-0.3, -0.25) is 20.4 Å². The smallest absolute Gasteiger partial charge is 0.276 e. The maximum absolute atomic E-state index is 11.6. The number of carbonyl (C=O) groups excluding carboxylic acids is 2. The molecule has 1 aromatic heterocycles. The van der Waals surface area contributed by atoms with E-state index in [2.05, 4.69) is 10.9 Å². The van der Waals surface area contributed by atoms with Crippen LogP contribution in [0.5, 0.6) is 5.75 Å². The molecule has 0 aliphatic carbocycles. The van der Waals surface area contributed by atoms with Gasteiger partial charge >= 0.3 is 0 Å². The second-order valence-electron chi connectivity index (χ2n) is 5.13. The second kappa shape index (κ2) is 8.95. The van der Waals surface area contributed by atoms with Gasteiger partial charge in [0, 0.05) is 11.3 Å². The minimum Gasteiger partial charge on any atom is -0.484 e. The van der Waals surface area contributed by atoms with Gasteiger partial charge in [-0.1, -0.05) is 18.2 Å². The first-order valence-corrected chi connectivity index (χ1v) is 8.31. The quantitative estimate of drug-likeness (QED) is 0.766. The standard InChI is InChI=1S/C17H20N2O3S/c1-13-5-2-6-14(11-13)22-12-17(21)19-18-16(20)9-3-7-15-8-4-10-23-15/h2,4-6,8,10-11H,3,7,9,12H2,1H3,(H,18,20)(H,19,21). The van der Waals surface area contributed by atoms with E-state index in [4.69, 9.17) is 4.74 Å². The molecule has 0 saturated carbocycles. The number of hydrogen-bond donors (Lipinski definition) is 2. The molecular weight excluding hydrogens is 312 g/mol. The van der Waals surface area contributed by atoms with Gasteiger partial charge in [0.1, 0.15) is 5.75 Å². The van der Waals surface area contributed by atoms with Crippen LogP contribution < -0.4 is 15.6 Å². The van der Waals surface area contributed by atoms with E-state index in [0.717, 1.165) is 18.4 Å². The minimum atomic E-state index is -0.391. The number of ether oxygens (including phenoxy) is 1. The highest BCUT2D eigenvalue weighted by atomic mass is 32.1. The van der Waals surface area contributed by atoms with Gasteiger partial charge in [0.2, 0.25) is 5.91 Å². The maximum atomic E-state index is 11.6.